The number of carboxylic acid groups (broad SMARTS) is 1. The van der Waals surface area contributed by atoms with Crippen LogP contribution in [0.3, 0.4) is 0 Å². The molecule has 2 atom stereocenters. The van der Waals surface area contributed by atoms with Crippen molar-refractivity contribution >= 4 is 16.2 Å². The Morgan fingerprint density at radius 1 is 1.17 bits per heavy atom. The molecular weight excluding hydrogens is 256 g/mol. The van der Waals surface area contributed by atoms with Crippen molar-refractivity contribution in [3.63, 3.8) is 0 Å². The number of hydrogen-bond donors (Lipinski definition) is 1. The molecule has 18 heavy (non-hydrogen) atoms. The Kier molecular flexibility index (Phi) is 3.93. The first-order valence-electron chi connectivity index (χ1n) is 6.39. The van der Waals surface area contributed by atoms with Gasteiger partial charge in [-0.25, -0.2) is 0 Å². The van der Waals surface area contributed by atoms with Gasteiger partial charge in [-0.2, -0.15) is 17.0 Å². The first-order valence-corrected chi connectivity index (χ1v) is 7.79. The first-order chi connectivity index (χ1) is 8.41. The third-order valence-corrected chi connectivity index (χ3v) is 5.74. The largest absolute Gasteiger partial charge is 0.481 e. The first kappa shape index (κ1) is 13.8. The lowest BCUT2D eigenvalue weighted by Gasteiger charge is -2.32. The summed E-state index contributed by atoms with van der Waals surface area (Å²) in [6, 6.07) is 0. The summed E-state index contributed by atoms with van der Waals surface area (Å²) >= 11 is 0. The average molecular weight is 276 g/mol. The summed E-state index contributed by atoms with van der Waals surface area (Å²) in [6.07, 6.45) is 2.36. The van der Waals surface area contributed by atoms with Crippen LogP contribution in [-0.4, -0.2) is 54.3 Å². The van der Waals surface area contributed by atoms with E-state index in [1.807, 2.05) is 6.92 Å². The molecule has 0 aromatic carbocycles. The molecule has 2 aliphatic heterocycles. The number of hydrogen-bond acceptors (Lipinski definition) is 3. The fourth-order valence-corrected chi connectivity index (χ4v) is 4.49. The number of aliphatic carboxylic acids is 1. The van der Waals surface area contributed by atoms with Crippen molar-refractivity contribution in [3.05, 3.63) is 0 Å². The van der Waals surface area contributed by atoms with Gasteiger partial charge in [-0.05, 0) is 25.2 Å². The Hall–Kier alpha value is -0.660. The van der Waals surface area contributed by atoms with E-state index in [2.05, 4.69) is 0 Å². The van der Waals surface area contributed by atoms with E-state index in [1.54, 1.807) is 0 Å². The molecule has 2 heterocycles. The second kappa shape index (κ2) is 5.14. The second-order valence-corrected chi connectivity index (χ2v) is 7.22. The summed E-state index contributed by atoms with van der Waals surface area (Å²) in [4.78, 5) is 10.9. The van der Waals surface area contributed by atoms with Crippen molar-refractivity contribution < 1.29 is 18.3 Å². The standard InChI is InChI=1S/C11H20N2O4S/c1-9-3-2-5-12(7-9)18(16,17)13-6-4-10(8-13)11(14)15/h9-10H,2-8H2,1H3,(H,14,15). The molecule has 2 rings (SSSR count). The van der Waals surface area contributed by atoms with Crippen molar-refractivity contribution in [2.75, 3.05) is 26.2 Å². The van der Waals surface area contributed by atoms with Gasteiger partial charge in [0.2, 0.25) is 0 Å². The van der Waals surface area contributed by atoms with Gasteiger partial charge in [0.25, 0.3) is 10.2 Å². The maximum atomic E-state index is 12.4. The zero-order valence-electron chi connectivity index (χ0n) is 10.6. The minimum Gasteiger partial charge on any atom is -0.481 e. The van der Waals surface area contributed by atoms with Crippen molar-refractivity contribution in [2.24, 2.45) is 11.8 Å². The predicted molar refractivity (Wildman–Crippen MR) is 66.2 cm³/mol. The van der Waals surface area contributed by atoms with Gasteiger partial charge in [0.1, 0.15) is 0 Å². The van der Waals surface area contributed by atoms with Crippen LogP contribution in [0, 0.1) is 11.8 Å². The summed E-state index contributed by atoms with van der Waals surface area (Å²) in [5.41, 5.74) is 0. The van der Waals surface area contributed by atoms with Crippen LogP contribution in [0.5, 0.6) is 0 Å². The van der Waals surface area contributed by atoms with Crippen molar-refractivity contribution in [3.8, 4) is 0 Å². The minimum atomic E-state index is -3.46. The molecule has 6 nitrogen and oxygen atoms in total. The van der Waals surface area contributed by atoms with Gasteiger partial charge in [0.15, 0.2) is 0 Å². The number of carboxylic acids is 1. The third-order valence-electron chi connectivity index (χ3n) is 3.77. The van der Waals surface area contributed by atoms with E-state index in [9.17, 15) is 13.2 Å². The van der Waals surface area contributed by atoms with Gasteiger partial charge < -0.3 is 5.11 Å². The fourth-order valence-electron chi connectivity index (χ4n) is 2.66. The Labute approximate surface area is 108 Å². The van der Waals surface area contributed by atoms with Crippen LogP contribution >= 0.6 is 0 Å². The molecule has 0 saturated carbocycles. The Bertz CT molecular complexity index is 423. The van der Waals surface area contributed by atoms with Gasteiger partial charge in [-0.15, -0.1) is 0 Å². The lowest BCUT2D eigenvalue weighted by atomic mass is 10.0. The SMILES string of the molecule is CC1CCCN(S(=O)(=O)N2CCC(C(=O)O)C2)C1. The molecule has 2 unspecified atom stereocenters. The highest BCUT2D eigenvalue weighted by atomic mass is 32.2. The van der Waals surface area contributed by atoms with E-state index in [1.165, 1.54) is 8.61 Å². The fraction of sp³-hybridized carbons (Fsp3) is 0.909. The summed E-state index contributed by atoms with van der Waals surface area (Å²) < 4.78 is 27.5. The van der Waals surface area contributed by atoms with Crippen LogP contribution in [0.1, 0.15) is 26.2 Å². The molecule has 0 radical (unpaired) electrons. The van der Waals surface area contributed by atoms with Crippen LogP contribution < -0.4 is 0 Å². The Morgan fingerprint density at radius 2 is 1.83 bits per heavy atom. The van der Waals surface area contributed by atoms with Crippen molar-refractivity contribution in [1.29, 1.82) is 0 Å². The monoisotopic (exact) mass is 276 g/mol. The van der Waals surface area contributed by atoms with Gasteiger partial charge >= 0.3 is 5.97 Å². The molecule has 2 aliphatic rings. The highest BCUT2D eigenvalue weighted by molar-refractivity contribution is 7.86. The maximum absolute atomic E-state index is 12.4. The topological polar surface area (TPSA) is 77.9 Å². The molecule has 1 N–H and O–H groups in total. The zero-order valence-corrected chi connectivity index (χ0v) is 11.4. The van der Waals surface area contributed by atoms with E-state index in [0.29, 0.717) is 32.0 Å². The van der Waals surface area contributed by atoms with Gasteiger partial charge in [-0.1, -0.05) is 6.92 Å². The zero-order chi connectivity index (χ0) is 13.3. The highest BCUT2D eigenvalue weighted by Crippen LogP contribution is 2.25. The molecule has 0 bridgehead atoms. The number of carbonyl (C=O) groups is 1. The predicted octanol–water partition coefficient (Wildman–Crippen LogP) is 0.370. The molecular formula is C11H20N2O4S. The lowest BCUT2D eigenvalue weighted by molar-refractivity contribution is -0.141. The smallest absolute Gasteiger partial charge is 0.307 e. The van der Waals surface area contributed by atoms with Crippen LogP contribution in [0.2, 0.25) is 0 Å². The van der Waals surface area contributed by atoms with Crippen LogP contribution in [0.15, 0.2) is 0 Å². The summed E-state index contributed by atoms with van der Waals surface area (Å²) in [5.74, 6) is -1.08. The molecule has 104 valence electrons. The van der Waals surface area contributed by atoms with E-state index in [4.69, 9.17) is 5.11 Å². The van der Waals surface area contributed by atoms with Crippen molar-refractivity contribution in [1.82, 2.24) is 8.61 Å². The summed E-state index contributed by atoms with van der Waals surface area (Å²) in [6.45, 7) is 3.59. The molecule has 2 saturated heterocycles. The number of rotatable bonds is 3. The molecule has 0 amide bonds. The second-order valence-electron chi connectivity index (χ2n) is 5.30. The van der Waals surface area contributed by atoms with E-state index in [-0.39, 0.29) is 6.54 Å². The van der Waals surface area contributed by atoms with E-state index < -0.39 is 22.1 Å². The van der Waals surface area contributed by atoms with Crippen LogP contribution in [0.25, 0.3) is 0 Å². The maximum Gasteiger partial charge on any atom is 0.307 e. The Morgan fingerprint density at radius 3 is 2.39 bits per heavy atom. The molecule has 0 aromatic heterocycles. The molecule has 0 aromatic rings. The Balaban J connectivity index is 2.05. The molecule has 0 aliphatic carbocycles. The van der Waals surface area contributed by atoms with Gasteiger partial charge in [0, 0.05) is 26.2 Å². The van der Waals surface area contributed by atoms with Crippen LogP contribution in [0.4, 0.5) is 0 Å². The molecule has 7 heteroatoms. The van der Waals surface area contributed by atoms with Crippen molar-refractivity contribution in [2.45, 2.75) is 26.2 Å². The third kappa shape index (κ3) is 2.67. The summed E-state index contributed by atoms with van der Waals surface area (Å²) in [5, 5.41) is 8.91. The highest BCUT2D eigenvalue weighted by Gasteiger charge is 2.39. The van der Waals surface area contributed by atoms with Gasteiger partial charge in [-0.3, -0.25) is 4.79 Å². The average Bonchev–Trinajstić information content (AvgIpc) is 2.79. The van der Waals surface area contributed by atoms with Crippen LogP contribution in [-0.2, 0) is 15.0 Å². The minimum absolute atomic E-state index is 0.114. The van der Waals surface area contributed by atoms with E-state index >= 15 is 0 Å². The number of nitrogens with zero attached hydrogens (tertiary/aromatic N) is 2. The molecule has 2 fully saturated rings. The number of piperidine rings is 1. The lowest BCUT2D eigenvalue weighted by Crippen LogP contribution is -2.47. The van der Waals surface area contributed by atoms with E-state index in [0.717, 1.165) is 12.8 Å². The van der Waals surface area contributed by atoms with Gasteiger partial charge in [0.05, 0.1) is 5.92 Å². The quantitative estimate of drug-likeness (QED) is 0.808. The normalized spacial score (nSPS) is 31.6. The summed E-state index contributed by atoms with van der Waals surface area (Å²) in [7, 11) is -3.46. The molecule has 0 spiro atoms.